The molecule has 0 unspecified atom stereocenters. The zero-order chi connectivity index (χ0) is 23.4. The summed E-state index contributed by atoms with van der Waals surface area (Å²) in [7, 11) is 3.12. The summed E-state index contributed by atoms with van der Waals surface area (Å²) in [6, 6.07) is 15.4. The SMILES string of the molecule is COc1ccc([C@H]2CC(c3cccs3)=NN2C(=O)COC(=O)c2cccc(Cl)c2)cc1OC. The third kappa shape index (κ3) is 5.02. The first kappa shape index (κ1) is 22.8. The summed E-state index contributed by atoms with van der Waals surface area (Å²) in [4.78, 5) is 26.4. The molecule has 7 nitrogen and oxygen atoms in total. The lowest BCUT2D eigenvalue weighted by atomic mass is 10.0. The predicted octanol–water partition coefficient (Wildman–Crippen LogP) is 4.95. The van der Waals surface area contributed by atoms with Crippen LogP contribution >= 0.6 is 22.9 Å². The molecule has 2 aromatic carbocycles. The van der Waals surface area contributed by atoms with Gasteiger partial charge in [-0.05, 0) is 47.3 Å². The van der Waals surface area contributed by atoms with Crippen molar-refractivity contribution in [1.82, 2.24) is 5.01 Å². The summed E-state index contributed by atoms with van der Waals surface area (Å²) < 4.78 is 16.0. The van der Waals surface area contributed by atoms with Crippen molar-refractivity contribution in [3.8, 4) is 11.5 Å². The molecule has 0 radical (unpaired) electrons. The minimum Gasteiger partial charge on any atom is -0.493 e. The molecule has 0 N–H and O–H groups in total. The van der Waals surface area contributed by atoms with Crippen LogP contribution in [0.1, 0.15) is 33.3 Å². The van der Waals surface area contributed by atoms with Crippen LogP contribution < -0.4 is 9.47 Å². The maximum atomic E-state index is 13.1. The Morgan fingerprint density at radius 1 is 1.09 bits per heavy atom. The minimum atomic E-state index is -0.629. The summed E-state index contributed by atoms with van der Waals surface area (Å²) >= 11 is 7.48. The lowest BCUT2D eigenvalue weighted by molar-refractivity contribution is -0.136. The third-order valence-electron chi connectivity index (χ3n) is 5.15. The molecule has 1 aliphatic heterocycles. The van der Waals surface area contributed by atoms with Crippen LogP contribution in [0.2, 0.25) is 5.02 Å². The van der Waals surface area contributed by atoms with Gasteiger partial charge >= 0.3 is 5.97 Å². The van der Waals surface area contributed by atoms with Gasteiger partial charge in [0.05, 0.1) is 36.4 Å². The first-order chi connectivity index (χ1) is 16.0. The second kappa shape index (κ2) is 10.1. The van der Waals surface area contributed by atoms with Gasteiger partial charge in [-0.1, -0.05) is 29.8 Å². The fourth-order valence-corrected chi connectivity index (χ4v) is 4.46. The fourth-order valence-electron chi connectivity index (χ4n) is 3.54. The molecule has 1 amide bonds. The van der Waals surface area contributed by atoms with Gasteiger partial charge in [0, 0.05) is 11.4 Å². The van der Waals surface area contributed by atoms with Crippen LogP contribution in [0.15, 0.2) is 65.1 Å². The minimum absolute atomic E-state index is 0.274. The maximum absolute atomic E-state index is 13.1. The molecule has 4 rings (SSSR count). The van der Waals surface area contributed by atoms with E-state index in [0.717, 1.165) is 16.2 Å². The van der Waals surface area contributed by atoms with Crippen molar-refractivity contribution in [2.24, 2.45) is 5.10 Å². The van der Waals surface area contributed by atoms with Crippen LogP contribution in [0.4, 0.5) is 0 Å². The van der Waals surface area contributed by atoms with Gasteiger partial charge in [-0.3, -0.25) is 4.79 Å². The Labute approximate surface area is 200 Å². The van der Waals surface area contributed by atoms with E-state index < -0.39 is 18.5 Å². The van der Waals surface area contributed by atoms with E-state index in [4.69, 9.17) is 25.8 Å². The van der Waals surface area contributed by atoms with Crippen molar-refractivity contribution in [2.75, 3.05) is 20.8 Å². The summed E-state index contributed by atoms with van der Waals surface area (Å²) in [6.45, 7) is -0.448. The van der Waals surface area contributed by atoms with Gasteiger partial charge in [-0.15, -0.1) is 11.3 Å². The van der Waals surface area contributed by atoms with Crippen LogP contribution in [-0.4, -0.2) is 43.4 Å². The summed E-state index contributed by atoms with van der Waals surface area (Å²) in [5.74, 6) is 0.0817. The second-order valence-corrected chi connectivity index (χ2v) is 8.57. The number of esters is 1. The van der Waals surface area contributed by atoms with E-state index >= 15 is 0 Å². The fraction of sp³-hybridized carbons (Fsp3) is 0.208. The molecule has 33 heavy (non-hydrogen) atoms. The van der Waals surface area contributed by atoms with Gasteiger partial charge in [-0.2, -0.15) is 5.10 Å². The number of thiophene rings is 1. The topological polar surface area (TPSA) is 77.4 Å². The molecule has 1 aliphatic rings. The average Bonchev–Trinajstić information content (AvgIpc) is 3.52. The lowest BCUT2D eigenvalue weighted by Crippen LogP contribution is -2.31. The molecule has 0 spiro atoms. The molecular formula is C24H21ClN2O5S. The lowest BCUT2D eigenvalue weighted by Gasteiger charge is -2.22. The molecule has 3 aromatic rings. The highest BCUT2D eigenvalue weighted by atomic mass is 35.5. The first-order valence-corrected chi connectivity index (χ1v) is 11.3. The number of nitrogens with zero attached hydrogens (tertiary/aromatic N) is 2. The number of hydrogen-bond donors (Lipinski definition) is 0. The Morgan fingerprint density at radius 3 is 2.61 bits per heavy atom. The van der Waals surface area contributed by atoms with Gasteiger partial charge in [0.25, 0.3) is 5.91 Å². The quantitative estimate of drug-likeness (QED) is 0.443. The number of benzene rings is 2. The van der Waals surface area contributed by atoms with Gasteiger partial charge < -0.3 is 14.2 Å². The molecule has 0 bridgehead atoms. The Balaban J connectivity index is 1.56. The molecule has 0 aliphatic carbocycles. The van der Waals surface area contributed by atoms with E-state index in [2.05, 4.69) is 5.10 Å². The first-order valence-electron chi connectivity index (χ1n) is 10.1. The van der Waals surface area contributed by atoms with E-state index in [-0.39, 0.29) is 11.6 Å². The normalized spacial score (nSPS) is 15.2. The summed E-state index contributed by atoms with van der Waals surface area (Å²) in [5.41, 5.74) is 1.90. The van der Waals surface area contributed by atoms with Crippen molar-refractivity contribution in [3.05, 3.63) is 81.0 Å². The number of carbonyl (C=O) groups excluding carboxylic acids is 2. The Kier molecular flexibility index (Phi) is 6.96. The van der Waals surface area contributed by atoms with Crippen LogP contribution in [0.25, 0.3) is 0 Å². The van der Waals surface area contributed by atoms with E-state index in [1.165, 1.54) is 11.1 Å². The van der Waals surface area contributed by atoms with Gasteiger partial charge in [-0.25, -0.2) is 9.80 Å². The van der Waals surface area contributed by atoms with Gasteiger partial charge in [0.15, 0.2) is 18.1 Å². The second-order valence-electron chi connectivity index (χ2n) is 7.18. The highest BCUT2D eigenvalue weighted by Crippen LogP contribution is 2.37. The van der Waals surface area contributed by atoms with Crippen LogP contribution in [0.3, 0.4) is 0 Å². The van der Waals surface area contributed by atoms with Crippen molar-refractivity contribution in [2.45, 2.75) is 12.5 Å². The van der Waals surface area contributed by atoms with E-state index in [9.17, 15) is 9.59 Å². The average molecular weight is 485 g/mol. The molecule has 0 saturated carbocycles. The number of methoxy groups -OCH3 is 2. The standard InChI is InChI=1S/C24H21ClN2O5S/c1-30-20-9-8-15(12-21(20)31-2)19-13-18(22-7-4-10-33-22)26-27(19)23(28)14-32-24(29)16-5-3-6-17(25)11-16/h3-12,19H,13-14H2,1-2H3/t19-/m1/s1. The van der Waals surface area contributed by atoms with Crippen LogP contribution in [0, 0.1) is 0 Å². The molecule has 170 valence electrons. The number of hydrogen-bond acceptors (Lipinski definition) is 7. The van der Waals surface area contributed by atoms with E-state index in [1.807, 2.05) is 29.6 Å². The van der Waals surface area contributed by atoms with Crippen molar-refractivity contribution in [3.63, 3.8) is 0 Å². The van der Waals surface area contributed by atoms with E-state index in [1.54, 1.807) is 49.8 Å². The molecule has 0 saturated heterocycles. The predicted molar refractivity (Wildman–Crippen MR) is 126 cm³/mol. The number of carbonyl (C=O) groups is 2. The highest BCUT2D eigenvalue weighted by Gasteiger charge is 2.34. The molecule has 0 fully saturated rings. The van der Waals surface area contributed by atoms with Crippen LogP contribution in [-0.2, 0) is 9.53 Å². The summed E-state index contributed by atoms with van der Waals surface area (Å²) in [6.07, 6.45) is 0.518. The molecule has 9 heteroatoms. The molecule has 1 aromatic heterocycles. The zero-order valence-electron chi connectivity index (χ0n) is 18.0. The van der Waals surface area contributed by atoms with Crippen molar-refractivity contribution < 1.29 is 23.8 Å². The number of rotatable bonds is 7. The van der Waals surface area contributed by atoms with Gasteiger partial charge in [0.1, 0.15) is 0 Å². The Morgan fingerprint density at radius 2 is 1.91 bits per heavy atom. The summed E-state index contributed by atoms with van der Waals surface area (Å²) in [5, 5.41) is 8.32. The highest BCUT2D eigenvalue weighted by molar-refractivity contribution is 7.12. The monoisotopic (exact) mass is 484 g/mol. The van der Waals surface area contributed by atoms with E-state index in [0.29, 0.717) is 22.9 Å². The maximum Gasteiger partial charge on any atom is 0.338 e. The Bertz CT molecular complexity index is 1200. The molecular weight excluding hydrogens is 464 g/mol. The Hall–Kier alpha value is -3.36. The van der Waals surface area contributed by atoms with Gasteiger partial charge in [0.2, 0.25) is 0 Å². The largest absolute Gasteiger partial charge is 0.493 e. The number of hydrazone groups is 1. The smallest absolute Gasteiger partial charge is 0.338 e. The number of halogens is 1. The molecule has 1 atom stereocenters. The number of amides is 1. The zero-order valence-corrected chi connectivity index (χ0v) is 19.6. The van der Waals surface area contributed by atoms with Crippen LogP contribution in [0.5, 0.6) is 11.5 Å². The third-order valence-corrected chi connectivity index (χ3v) is 6.30. The number of ether oxygens (including phenoxy) is 3. The van der Waals surface area contributed by atoms with Crippen molar-refractivity contribution in [1.29, 1.82) is 0 Å². The molecule has 2 heterocycles. The van der Waals surface area contributed by atoms with Crippen molar-refractivity contribution >= 4 is 40.5 Å².